The molecular formula is C26H34ClN5O2. The lowest BCUT2D eigenvalue weighted by Crippen LogP contribution is -2.58. The Bertz CT molecular complexity index is 1030. The van der Waals surface area contributed by atoms with Crippen LogP contribution in [0.4, 0.5) is 5.82 Å². The maximum absolute atomic E-state index is 14.0. The van der Waals surface area contributed by atoms with Crippen LogP contribution in [0.3, 0.4) is 0 Å². The molecule has 2 aromatic rings. The molecule has 182 valence electrons. The maximum atomic E-state index is 14.0. The highest BCUT2D eigenvalue weighted by Gasteiger charge is 2.46. The van der Waals surface area contributed by atoms with E-state index in [2.05, 4.69) is 45.9 Å². The number of aliphatic hydroxyl groups excluding tert-OH is 1. The van der Waals surface area contributed by atoms with Gasteiger partial charge < -0.3 is 20.2 Å². The number of rotatable bonds is 6. The second-order valence-corrected chi connectivity index (χ2v) is 10.8. The molecule has 3 unspecified atom stereocenters. The number of piperazine rings is 1. The van der Waals surface area contributed by atoms with E-state index in [0.717, 1.165) is 48.6 Å². The van der Waals surface area contributed by atoms with Crippen LogP contribution in [0.15, 0.2) is 30.6 Å². The highest BCUT2D eigenvalue weighted by molar-refractivity contribution is 6.30. The molecule has 5 atom stereocenters. The normalized spacial score (nSPS) is 26.8. The van der Waals surface area contributed by atoms with Gasteiger partial charge in [0, 0.05) is 48.3 Å². The lowest BCUT2D eigenvalue weighted by molar-refractivity contribution is -0.136. The third-order valence-electron chi connectivity index (χ3n) is 7.62. The molecule has 1 amide bonds. The zero-order chi connectivity index (χ0) is 24.0. The fourth-order valence-corrected chi connectivity index (χ4v) is 6.09. The van der Waals surface area contributed by atoms with Gasteiger partial charge in [-0.05, 0) is 42.9 Å². The van der Waals surface area contributed by atoms with Crippen molar-refractivity contribution in [2.24, 2.45) is 0 Å². The molecule has 1 aromatic heterocycles. The Labute approximate surface area is 206 Å². The quantitative estimate of drug-likeness (QED) is 0.653. The van der Waals surface area contributed by atoms with Crippen molar-refractivity contribution in [3.63, 3.8) is 0 Å². The van der Waals surface area contributed by atoms with Gasteiger partial charge in [0.1, 0.15) is 12.1 Å². The van der Waals surface area contributed by atoms with E-state index in [4.69, 9.17) is 11.6 Å². The monoisotopic (exact) mass is 483 g/mol. The van der Waals surface area contributed by atoms with Gasteiger partial charge in [0.05, 0.1) is 17.7 Å². The van der Waals surface area contributed by atoms with Crippen molar-refractivity contribution in [1.82, 2.24) is 20.2 Å². The Morgan fingerprint density at radius 2 is 1.85 bits per heavy atom. The van der Waals surface area contributed by atoms with E-state index >= 15 is 0 Å². The minimum Gasteiger partial charge on any atom is -0.387 e. The van der Waals surface area contributed by atoms with Crippen LogP contribution < -0.4 is 10.2 Å². The Balaban J connectivity index is 1.38. The third kappa shape index (κ3) is 4.30. The summed E-state index contributed by atoms with van der Waals surface area (Å²) >= 11 is 6.12. The Morgan fingerprint density at radius 3 is 2.50 bits per heavy atom. The van der Waals surface area contributed by atoms with E-state index in [9.17, 15) is 9.90 Å². The molecule has 2 N–H and O–H groups in total. The van der Waals surface area contributed by atoms with Crippen molar-refractivity contribution in [3.8, 4) is 0 Å². The van der Waals surface area contributed by atoms with E-state index < -0.39 is 6.10 Å². The first-order valence-electron chi connectivity index (χ1n) is 12.4. The van der Waals surface area contributed by atoms with Crippen LogP contribution in [-0.4, -0.2) is 63.6 Å². The van der Waals surface area contributed by atoms with Crippen molar-refractivity contribution in [2.45, 2.75) is 76.1 Å². The highest BCUT2D eigenvalue weighted by Crippen LogP contribution is 2.44. The average molecular weight is 484 g/mol. The second kappa shape index (κ2) is 9.44. The summed E-state index contributed by atoms with van der Waals surface area (Å²) in [6, 6.07) is 8.30. The number of amides is 1. The SMILES string of the molecule is CC(C)NC[C@@H](C(=O)N1C2CCC1CN(c1ncnc3c1[C@H](C)CC3O)C2)c1ccc(Cl)cc1. The first-order chi connectivity index (χ1) is 16.3. The van der Waals surface area contributed by atoms with Crippen LogP contribution in [0.1, 0.15) is 74.8 Å². The number of aromatic nitrogens is 2. The zero-order valence-corrected chi connectivity index (χ0v) is 20.9. The number of aliphatic hydroxyl groups is 1. The third-order valence-corrected chi connectivity index (χ3v) is 7.87. The molecule has 0 spiro atoms. The fraction of sp³-hybridized carbons (Fsp3) is 0.577. The summed E-state index contributed by atoms with van der Waals surface area (Å²) in [6.07, 6.45) is 3.76. The average Bonchev–Trinajstić information content (AvgIpc) is 3.25. The van der Waals surface area contributed by atoms with E-state index in [1.54, 1.807) is 6.33 Å². The summed E-state index contributed by atoms with van der Waals surface area (Å²) in [7, 11) is 0. The van der Waals surface area contributed by atoms with Gasteiger partial charge in [-0.15, -0.1) is 0 Å². The molecule has 1 aromatic carbocycles. The first kappa shape index (κ1) is 23.5. The zero-order valence-electron chi connectivity index (χ0n) is 20.1. The van der Waals surface area contributed by atoms with E-state index in [1.807, 2.05) is 24.3 Å². The fourth-order valence-electron chi connectivity index (χ4n) is 5.97. The van der Waals surface area contributed by atoms with Crippen LogP contribution in [0.25, 0.3) is 0 Å². The molecule has 0 radical (unpaired) electrons. The molecule has 3 heterocycles. The predicted octanol–water partition coefficient (Wildman–Crippen LogP) is 3.63. The largest absolute Gasteiger partial charge is 0.387 e. The molecule has 7 nitrogen and oxygen atoms in total. The van der Waals surface area contributed by atoms with Gasteiger partial charge in [-0.2, -0.15) is 0 Å². The Kier molecular flexibility index (Phi) is 6.53. The van der Waals surface area contributed by atoms with Crippen molar-refractivity contribution in [3.05, 3.63) is 52.4 Å². The standard InChI is InChI=1S/C26H34ClN5O2/c1-15(2)28-11-21(17-4-6-18(27)7-5-17)26(34)32-19-8-9-20(32)13-31(12-19)25-23-16(3)10-22(33)24(23)29-14-30-25/h4-7,14-16,19-22,28,33H,8-13H2,1-3H3/t16-,19?,20?,21-,22?/m1/s1. The van der Waals surface area contributed by atoms with Crippen molar-refractivity contribution < 1.29 is 9.90 Å². The van der Waals surface area contributed by atoms with E-state index in [0.29, 0.717) is 24.0 Å². The first-order valence-corrected chi connectivity index (χ1v) is 12.8. The molecule has 2 fully saturated rings. The lowest BCUT2D eigenvalue weighted by Gasteiger charge is -2.43. The van der Waals surface area contributed by atoms with Gasteiger partial charge in [0.25, 0.3) is 0 Å². The Hall–Kier alpha value is -2.22. The molecule has 5 rings (SSSR count). The summed E-state index contributed by atoms with van der Waals surface area (Å²) in [4.78, 5) is 27.4. The number of hydrogen-bond acceptors (Lipinski definition) is 6. The summed E-state index contributed by atoms with van der Waals surface area (Å²) < 4.78 is 0. The van der Waals surface area contributed by atoms with Crippen molar-refractivity contribution in [2.75, 3.05) is 24.5 Å². The van der Waals surface area contributed by atoms with Gasteiger partial charge in [0.15, 0.2) is 0 Å². The molecule has 1 aliphatic carbocycles. The maximum Gasteiger partial charge on any atom is 0.232 e. The number of benzene rings is 1. The molecular weight excluding hydrogens is 450 g/mol. The van der Waals surface area contributed by atoms with Crippen LogP contribution in [0.2, 0.25) is 5.02 Å². The summed E-state index contributed by atoms with van der Waals surface area (Å²) in [5.74, 6) is 1.12. The minimum atomic E-state index is -0.514. The van der Waals surface area contributed by atoms with Gasteiger partial charge in [-0.1, -0.05) is 44.5 Å². The predicted molar refractivity (Wildman–Crippen MR) is 133 cm³/mol. The van der Waals surface area contributed by atoms with Crippen molar-refractivity contribution >= 4 is 23.3 Å². The van der Waals surface area contributed by atoms with Gasteiger partial charge in [0.2, 0.25) is 5.91 Å². The van der Waals surface area contributed by atoms with Gasteiger partial charge in [-0.3, -0.25) is 4.79 Å². The highest BCUT2D eigenvalue weighted by atomic mass is 35.5. The van der Waals surface area contributed by atoms with E-state index in [-0.39, 0.29) is 29.8 Å². The van der Waals surface area contributed by atoms with Crippen LogP contribution in [0, 0.1) is 0 Å². The smallest absolute Gasteiger partial charge is 0.232 e. The number of fused-ring (bicyclic) bond motifs is 3. The lowest BCUT2D eigenvalue weighted by atomic mass is 9.95. The summed E-state index contributed by atoms with van der Waals surface area (Å²) in [6.45, 7) is 8.47. The summed E-state index contributed by atoms with van der Waals surface area (Å²) in [5.41, 5.74) is 2.85. The molecule has 8 heteroatoms. The van der Waals surface area contributed by atoms with Gasteiger partial charge >= 0.3 is 0 Å². The number of nitrogens with one attached hydrogen (secondary N) is 1. The van der Waals surface area contributed by atoms with E-state index in [1.165, 1.54) is 0 Å². The molecule has 34 heavy (non-hydrogen) atoms. The minimum absolute atomic E-state index is 0.160. The number of halogens is 1. The van der Waals surface area contributed by atoms with Crippen molar-refractivity contribution in [1.29, 1.82) is 0 Å². The molecule has 2 aliphatic heterocycles. The number of nitrogens with zero attached hydrogens (tertiary/aromatic N) is 4. The van der Waals surface area contributed by atoms with Crippen LogP contribution in [0.5, 0.6) is 0 Å². The second-order valence-electron chi connectivity index (χ2n) is 10.4. The van der Waals surface area contributed by atoms with Gasteiger partial charge in [-0.25, -0.2) is 9.97 Å². The van der Waals surface area contributed by atoms with Crippen LogP contribution in [-0.2, 0) is 4.79 Å². The van der Waals surface area contributed by atoms with Crippen LogP contribution >= 0.6 is 11.6 Å². The number of carbonyl (C=O) groups excluding carboxylic acids is 1. The number of anilines is 1. The molecule has 3 aliphatic rings. The summed E-state index contributed by atoms with van der Waals surface area (Å²) in [5, 5.41) is 14.6. The Morgan fingerprint density at radius 1 is 1.18 bits per heavy atom. The molecule has 2 saturated heterocycles. The topological polar surface area (TPSA) is 81.6 Å². The molecule has 2 bridgehead atoms. The number of hydrogen-bond donors (Lipinski definition) is 2. The number of carbonyl (C=O) groups is 1. The molecule has 0 saturated carbocycles.